The number of carbonyl (C=O) groups excluding carboxylic acids is 2. The number of benzene rings is 2. The molecule has 0 unspecified atom stereocenters. The van der Waals surface area contributed by atoms with E-state index in [-0.39, 0.29) is 5.41 Å². The predicted octanol–water partition coefficient (Wildman–Crippen LogP) is 11.4. The predicted molar refractivity (Wildman–Crippen MR) is 190 cm³/mol. The number of halogens is 2. The molecule has 0 bridgehead atoms. The summed E-state index contributed by atoms with van der Waals surface area (Å²) >= 11 is 12.2. The van der Waals surface area contributed by atoms with Crippen LogP contribution < -0.4 is 0 Å². The zero-order valence-corrected chi connectivity index (χ0v) is 30.3. The first-order chi connectivity index (χ1) is 22.4. The van der Waals surface area contributed by atoms with Gasteiger partial charge in [-0.25, -0.2) is 9.59 Å². The summed E-state index contributed by atoms with van der Waals surface area (Å²) in [7, 11) is 0. The highest BCUT2D eigenvalue weighted by Gasteiger charge is 2.61. The molecule has 0 saturated heterocycles. The average molecular weight is 680 g/mol. The second-order valence-corrected chi connectivity index (χ2v) is 16.9. The first kappa shape index (κ1) is 34.6. The van der Waals surface area contributed by atoms with Gasteiger partial charge in [0.2, 0.25) is 0 Å². The van der Waals surface area contributed by atoms with Crippen molar-refractivity contribution >= 4 is 35.1 Å². The molecule has 0 heterocycles. The van der Waals surface area contributed by atoms with Crippen molar-refractivity contribution in [2.75, 3.05) is 0 Å². The lowest BCUT2D eigenvalue weighted by atomic mass is 9.46. The van der Waals surface area contributed by atoms with Gasteiger partial charge in [0.15, 0.2) is 6.10 Å². The largest absolute Gasteiger partial charge is 0.454 e. The molecular formula is C41H52Cl2O4. The normalized spacial score (nSPS) is 33.7. The van der Waals surface area contributed by atoms with Crippen LogP contribution in [-0.4, -0.2) is 24.1 Å². The molecule has 47 heavy (non-hydrogen) atoms. The molecule has 0 spiro atoms. The Hall–Kier alpha value is -2.30. The van der Waals surface area contributed by atoms with Crippen molar-refractivity contribution in [3.8, 4) is 0 Å². The minimum Gasteiger partial charge on any atom is -0.454 e. The van der Waals surface area contributed by atoms with Gasteiger partial charge in [0.25, 0.3) is 0 Å². The van der Waals surface area contributed by atoms with Crippen molar-refractivity contribution in [2.45, 2.75) is 111 Å². The Morgan fingerprint density at radius 1 is 0.787 bits per heavy atom. The number of carbonyl (C=O) groups is 2. The van der Waals surface area contributed by atoms with Gasteiger partial charge in [0, 0.05) is 10.0 Å². The van der Waals surface area contributed by atoms with E-state index in [9.17, 15) is 9.59 Å². The van der Waals surface area contributed by atoms with E-state index in [1.807, 2.05) is 0 Å². The van der Waals surface area contributed by atoms with Gasteiger partial charge < -0.3 is 9.47 Å². The lowest BCUT2D eigenvalue weighted by Gasteiger charge is -2.59. The highest BCUT2D eigenvalue weighted by atomic mass is 35.5. The van der Waals surface area contributed by atoms with Crippen LogP contribution in [-0.2, 0) is 9.47 Å². The van der Waals surface area contributed by atoms with E-state index < -0.39 is 24.1 Å². The summed E-state index contributed by atoms with van der Waals surface area (Å²) < 4.78 is 12.5. The third-order valence-electron chi connectivity index (χ3n) is 13.0. The summed E-state index contributed by atoms with van der Waals surface area (Å²) in [4.78, 5) is 26.9. The summed E-state index contributed by atoms with van der Waals surface area (Å²) in [5.41, 5.74) is 2.29. The Morgan fingerprint density at radius 3 is 2.02 bits per heavy atom. The van der Waals surface area contributed by atoms with Crippen LogP contribution in [0.2, 0.25) is 10.0 Å². The SMILES string of the molecule is CC(C)CCC[C@@H](C)[C@H]1CC[C@H]2[C@@H]3CC=C4[C@@H](OC(=O)c5ccc(Cl)cc5)[C@@H](OC(=O)c5ccc(Cl)cc5)CC[C@]4(C)[C@H]3CC[C@]12C. The summed E-state index contributed by atoms with van der Waals surface area (Å²) in [6, 6.07) is 13.5. The van der Waals surface area contributed by atoms with Crippen molar-refractivity contribution in [3.05, 3.63) is 81.4 Å². The van der Waals surface area contributed by atoms with E-state index in [1.54, 1.807) is 48.5 Å². The Balaban J connectivity index is 1.26. The minimum atomic E-state index is -0.639. The second-order valence-electron chi connectivity index (χ2n) is 16.0. The molecular weight excluding hydrogens is 627 g/mol. The van der Waals surface area contributed by atoms with Gasteiger partial charge in [0.05, 0.1) is 11.1 Å². The minimum absolute atomic E-state index is 0.112. The number of ether oxygens (including phenoxy) is 2. The van der Waals surface area contributed by atoms with Crippen molar-refractivity contribution in [1.29, 1.82) is 0 Å². The fourth-order valence-corrected chi connectivity index (χ4v) is 10.8. The Morgan fingerprint density at radius 2 is 1.40 bits per heavy atom. The third-order valence-corrected chi connectivity index (χ3v) is 13.5. The lowest BCUT2D eigenvalue weighted by Crippen LogP contribution is -2.55. The number of rotatable bonds is 9. The fraction of sp³-hybridized carbons (Fsp3) is 0.610. The monoisotopic (exact) mass is 678 g/mol. The molecule has 6 heteroatoms. The molecule has 0 radical (unpaired) electrons. The standard InChI is InChI=1S/C41H52Cl2O4/c1-25(2)7-6-8-26(3)32-19-20-33-31-17-18-35-37(47-39(45)28-11-15-30(43)16-12-28)36(46-38(44)27-9-13-29(42)14-10-27)22-24-41(35,5)34(31)21-23-40(32,33)4/h9-16,18,25-26,31-34,36-37H,6-8,17,19-24H2,1-5H3/t26-,31+,32-,33+,34+,36+,37-,40-,41-/m1/s1. The van der Waals surface area contributed by atoms with Crippen molar-refractivity contribution in [2.24, 2.45) is 46.3 Å². The summed E-state index contributed by atoms with van der Waals surface area (Å²) in [5.74, 6) is 3.39. The summed E-state index contributed by atoms with van der Waals surface area (Å²) in [5, 5.41) is 1.12. The molecule has 2 aromatic carbocycles. The molecule has 2 aromatic rings. The zero-order chi connectivity index (χ0) is 33.5. The third kappa shape index (κ3) is 6.80. The van der Waals surface area contributed by atoms with Crippen LogP contribution in [0.1, 0.15) is 120 Å². The van der Waals surface area contributed by atoms with Crippen molar-refractivity contribution in [3.63, 3.8) is 0 Å². The molecule has 254 valence electrons. The maximum absolute atomic E-state index is 13.6. The molecule has 0 N–H and O–H groups in total. The molecule has 4 aliphatic rings. The molecule has 3 fully saturated rings. The smallest absolute Gasteiger partial charge is 0.338 e. The molecule has 0 aliphatic heterocycles. The lowest BCUT2D eigenvalue weighted by molar-refractivity contribution is -0.0888. The van der Waals surface area contributed by atoms with Gasteiger partial charge in [-0.2, -0.15) is 0 Å². The van der Waals surface area contributed by atoms with Crippen LogP contribution in [0, 0.1) is 46.3 Å². The van der Waals surface area contributed by atoms with Crippen LogP contribution >= 0.6 is 23.2 Å². The number of hydrogen-bond donors (Lipinski definition) is 0. The van der Waals surface area contributed by atoms with Crippen molar-refractivity contribution < 1.29 is 19.1 Å². The molecule has 9 atom stereocenters. The molecule has 4 aliphatic carbocycles. The van der Waals surface area contributed by atoms with Crippen LogP contribution in [0.4, 0.5) is 0 Å². The van der Waals surface area contributed by atoms with Gasteiger partial charge >= 0.3 is 11.9 Å². The van der Waals surface area contributed by atoms with Crippen LogP contribution in [0.5, 0.6) is 0 Å². The van der Waals surface area contributed by atoms with Crippen molar-refractivity contribution in [1.82, 2.24) is 0 Å². The zero-order valence-electron chi connectivity index (χ0n) is 28.8. The van der Waals surface area contributed by atoms with Crippen LogP contribution in [0.25, 0.3) is 0 Å². The number of esters is 2. The van der Waals surface area contributed by atoms with Gasteiger partial charge in [-0.05, 0) is 145 Å². The van der Waals surface area contributed by atoms with E-state index in [0.717, 1.165) is 42.1 Å². The summed E-state index contributed by atoms with van der Waals surface area (Å²) in [6.07, 6.45) is 12.9. The summed E-state index contributed by atoms with van der Waals surface area (Å²) in [6.45, 7) is 12.2. The maximum Gasteiger partial charge on any atom is 0.338 e. The quantitative estimate of drug-likeness (QED) is 0.196. The van der Waals surface area contributed by atoms with Crippen LogP contribution in [0.15, 0.2) is 60.2 Å². The average Bonchev–Trinajstić information content (AvgIpc) is 3.40. The van der Waals surface area contributed by atoms with Gasteiger partial charge in [-0.15, -0.1) is 0 Å². The van der Waals surface area contributed by atoms with Gasteiger partial charge in [-0.3, -0.25) is 0 Å². The van der Waals surface area contributed by atoms with Gasteiger partial charge in [0.1, 0.15) is 6.10 Å². The molecule has 3 saturated carbocycles. The van der Waals surface area contributed by atoms with E-state index in [1.165, 1.54) is 44.9 Å². The molecule has 6 rings (SSSR count). The maximum atomic E-state index is 13.6. The van der Waals surface area contributed by atoms with E-state index >= 15 is 0 Å². The fourth-order valence-electron chi connectivity index (χ4n) is 10.5. The first-order valence-corrected chi connectivity index (χ1v) is 18.8. The van der Waals surface area contributed by atoms with E-state index in [2.05, 4.69) is 40.7 Å². The van der Waals surface area contributed by atoms with E-state index in [4.69, 9.17) is 32.7 Å². The number of fused-ring (bicyclic) bond motifs is 5. The highest BCUT2D eigenvalue weighted by Crippen LogP contribution is 2.67. The molecule has 0 amide bonds. The number of hydrogen-bond acceptors (Lipinski definition) is 4. The molecule has 4 nitrogen and oxygen atoms in total. The second kappa shape index (κ2) is 13.9. The number of allylic oxidation sites excluding steroid dienone is 1. The topological polar surface area (TPSA) is 52.6 Å². The highest BCUT2D eigenvalue weighted by molar-refractivity contribution is 6.31. The Labute approximate surface area is 292 Å². The van der Waals surface area contributed by atoms with Gasteiger partial charge in [-0.1, -0.05) is 83.2 Å². The molecule has 0 aromatic heterocycles. The Bertz CT molecular complexity index is 1470. The first-order valence-electron chi connectivity index (χ1n) is 18.0. The Kier molecular flexibility index (Phi) is 10.2. The van der Waals surface area contributed by atoms with Crippen LogP contribution in [0.3, 0.4) is 0 Å². The van der Waals surface area contributed by atoms with E-state index in [0.29, 0.717) is 44.8 Å².